The van der Waals surface area contributed by atoms with Crippen molar-refractivity contribution in [2.45, 2.75) is 126 Å². The molecule has 0 saturated heterocycles. The van der Waals surface area contributed by atoms with Crippen molar-refractivity contribution < 1.29 is 9.78 Å². The van der Waals surface area contributed by atoms with E-state index in [1.165, 1.54) is 25.7 Å². The number of hydrogen-bond donors (Lipinski definition) is 0. The second-order valence-electron chi connectivity index (χ2n) is 11.5. The van der Waals surface area contributed by atoms with Gasteiger partial charge in [0, 0.05) is 0 Å². The van der Waals surface area contributed by atoms with E-state index in [1.54, 1.807) is 0 Å². The van der Waals surface area contributed by atoms with E-state index in [9.17, 15) is 0 Å². The molecular weight excluding hydrogens is 308 g/mol. The zero-order chi connectivity index (χ0) is 19.5. The SMILES string of the molecule is CCCCCC(OOC1CC(C)CC(C)(C)C1)(C(C)(C)C)C(C)(C)C. The zero-order valence-electron chi connectivity index (χ0n) is 18.9. The summed E-state index contributed by atoms with van der Waals surface area (Å²) in [4.78, 5) is 12.7. The van der Waals surface area contributed by atoms with E-state index >= 15 is 0 Å². The molecule has 0 aromatic carbocycles. The molecule has 1 rings (SSSR count). The van der Waals surface area contributed by atoms with E-state index in [4.69, 9.17) is 9.78 Å². The van der Waals surface area contributed by atoms with Gasteiger partial charge in [0.1, 0.15) is 5.60 Å². The van der Waals surface area contributed by atoms with Crippen molar-refractivity contribution >= 4 is 0 Å². The van der Waals surface area contributed by atoms with E-state index in [2.05, 4.69) is 69.2 Å². The molecule has 1 fully saturated rings. The van der Waals surface area contributed by atoms with Crippen LogP contribution in [0.15, 0.2) is 0 Å². The Morgan fingerprint density at radius 2 is 1.48 bits per heavy atom. The number of hydrogen-bond acceptors (Lipinski definition) is 2. The molecule has 1 aliphatic carbocycles. The first-order valence-electron chi connectivity index (χ1n) is 10.6. The van der Waals surface area contributed by atoms with Crippen LogP contribution in [0.1, 0.15) is 114 Å². The zero-order valence-corrected chi connectivity index (χ0v) is 18.9. The molecule has 2 heteroatoms. The highest BCUT2D eigenvalue weighted by Crippen LogP contribution is 2.51. The van der Waals surface area contributed by atoms with Gasteiger partial charge in [-0.15, -0.1) is 0 Å². The third kappa shape index (κ3) is 5.96. The van der Waals surface area contributed by atoms with Gasteiger partial charge in [-0.1, -0.05) is 88.5 Å². The minimum atomic E-state index is -0.278. The monoisotopic (exact) mass is 354 g/mol. The molecule has 0 bridgehead atoms. The smallest absolute Gasteiger partial charge is 0.113 e. The lowest BCUT2D eigenvalue weighted by molar-refractivity contribution is -0.431. The standard InChI is InChI=1S/C23H46O2/c1-11-12-13-14-23(20(3,4)5,21(6,7)8)25-24-19-15-18(2)16-22(9,10)17-19/h18-19H,11-17H2,1-10H3. The van der Waals surface area contributed by atoms with Gasteiger partial charge >= 0.3 is 0 Å². The summed E-state index contributed by atoms with van der Waals surface area (Å²) in [6.45, 7) is 23.2. The van der Waals surface area contributed by atoms with Crippen LogP contribution in [0, 0.1) is 22.2 Å². The number of rotatable bonds is 7. The van der Waals surface area contributed by atoms with Gasteiger partial charge in [0.15, 0.2) is 0 Å². The molecule has 1 aliphatic rings. The van der Waals surface area contributed by atoms with Gasteiger partial charge in [-0.05, 0) is 47.8 Å². The first-order chi connectivity index (χ1) is 11.2. The van der Waals surface area contributed by atoms with Gasteiger partial charge in [0.25, 0.3) is 0 Å². The summed E-state index contributed by atoms with van der Waals surface area (Å²) < 4.78 is 0. The van der Waals surface area contributed by atoms with Crippen LogP contribution in [0.25, 0.3) is 0 Å². The van der Waals surface area contributed by atoms with Crippen LogP contribution < -0.4 is 0 Å². The minimum absolute atomic E-state index is 0.0226. The minimum Gasteiger partial charge on any atom is -0.233 e. The summed E-state index contributed by atoms with van der Waals surface area (Å²) in [5.74, 6) is 0.705. The molecule has 0 aliphatic heterocycles. The van der Waals surface area contributed by atoms with Crippen LogP contribution in [0.2, 0.25) is 0 Å². The summed E-state index contributed by atoms with van der Waals surface area (Å²) >= 11 is 0. The van der Waals surface area contributed by atoms with Crippen molar-refractivity contribution in [3.05, 3.63) is 0 Å². The fourth-order valence-corrected chi connectivity index (χ4v) is 5.27. The Hall–Kier alpha value is -0.0800. The fraction of sp³-hybridized carbons (Fsp3) is 1.00. The predicted octanol–water partition coefficient (Wildman–Crippen LogP) is 7.56. The molecule has 0 heterocycles. The largest absolute Gasteiger partial charge is 0.233 e. The highest BCUT2D eigenvalue weighted by molar-refractivity contribution is 5.00. The highest BCUT2D eigenvalue weighted by atomic mass is 17.2. The van der Waals surface area contributed by atoms with Crippen LogP contribution in [-0.2, 0) is 9.78 Å². The van der Waals surface area contributed by atoms with Crippen molar-refractivity contribution in [3.8, 4) is 0 Å². The quantitative estimate of drug-likeness (QED) is 0.267. The summed E-state index contributed by atoms with van der Waals surface area (Å²) in [5.41, 5.74) is 0.115. The van der Waals surface area contributed by atoms with Crippen molar-refractivity contribution in [2.75, 3.05) is 0 Å². The Balaban J connectivity index is 2.96. The van der Waals surface area contributed by atoms with Gasteiger partial charge in [-0.25, -0.2) is 9.78 Å². The molecule has 1 saturated carbocycles. The normalized spacial score (nSPS) is 25.2. The van der Waals surface area contributed by atoms with Crippen molar-refractivity contribution in [1.82, 2.24) is 0 Å². The van der Waals surface area contributed by atoms with Crippen LogP contribution in [0.4, 0.5) is 0 Å². The van der Waals surface area contributed by atoms with Crippen molar-refractivity contribution in [2.24, 2.45) is 22.2 Å². The molecule has 2 atom stereocenters. The van der Waals surface area contributed by atoms with Gasteiger partial charge in [0.05, 0.1) is 6.10 Å². The van der Waals surface area contributed by atoms with E-state index in [-0.39, 0.29) is 22.5 Å². The molecule has 150 valence electrons. The van der Waals surface area contributed by atoms with Gasteiger partial charge in [-0.3, -0.25) is 0 Å². The lowest BCUT2D eigenvalue weighted by Gasteiger charge is -2.52. The Kier molecular flexibility index (Phi) is 7.62. The van der Waals surface area contributed by atoms with E-state index < -0.39 is 0 Å². The lowest BCUT2D eigenvalue weighted by atomic mass is 9.60. The van der Waals surface area contributed by atoms with Crippen LogP contribution in [0.3, 0.4) is 0 Å². The van der Waals surface area contributed by atoms with Gasteiger partial charge in [0.2, 0.25) is 0 Å². The lowest BCUT2D eigenvalue weighted by Crippen LogP contribution is -2.55. The molecule has 0 spiro atoms. The highest BCUT2D eigenvalue weighted by Gasteiger charge is 2.53. The number of unbranched alkanes of at least 4 members (excludes halogenated alkanes) is 2. The summed E-state index contributed by atoms with van der Waals surface area (Å²) in [5, 5.41) is 0. The van der Waals surface area contributed by atoms with Crippen molar-refractivity contribution in [3.63, 3.8) is 0 Å². The molecule has 25 heavy (non-hydrogen) atoms. The third-order valence-electron chi connectivity index (χ3n) is 6.23. The fourth-order valence-electron chi connectivity index (χ4n) is 5.27. The van der Waals surface area contributed by atoms with Crippen LogP contribution >= 0.6 is 0 Å². The maximum Gasteiger partial charge on any atom is 0.113 e. The second-order valence-corrected chi connectivity index (χ2v) is 11.5. The van der Waals surface area contributed by atoms with Crippen LogP contribution in [0.5, 0.6) is 0 Å². The maximum absolute atomic E-state index is 6.49. The van der Waals surface area contributed by atoms with E-state index in [0.29, 0.717) is 11.3 Å². The Morgan fingerprint density at radius 1 is 0.920 bits per heavy atom. The maximum atomic E-state index is 6.49. The first kappa shape index (κ1) is 23.0. The first-order valence-corrected chi connectivity index (χ1v) is 10.6. The van der Waals surface area contributed by atoms with Crippen molar-refractivity contribution in [1.29, 1.82) is 0 Å². The molecule has 0 amide bonds. The summed E-state index contributed by atoms with van der Waals surface area (Å²) in [6, 6.07) is 0. The van der Waals surface area contributed by atoms with E-state index in [1.807, 2.05) is 0 Å². The molecule has 0 radical (unpaired) electrons. The molecular formula is C23H46O2. The summed E-state index contributed by atoms with van der Waals surface area (Å²) in [6.07, 6.45) is 8.45. The Labute approximate surface area is 158 Å². The Bertz CT molecular complexity index is 383. The third-order valence-corrected chi connectivity index (χ3v) is 6.23. The second kappa shape index (κ2) is 8.30. The predicted molar refractivity (Wildman–Crippen MR) is 109 cm³/mol. The van der Waals surface area contributed by atoms with Gasteiger partial charge < -0.3 is 0 Å². The van der Waals surface area contributed by atoms with Crippen LogP contribution in [-0.4, -0.2) is 11.7 Å². The molecule has 2 unspecified atom stereocenters. The topological polar surface area (TPSA) is 18.5 Å². The average molecular weight is 355 g/mol. The molecule has 0 N–H and O–H groups in total. The molecule has 0 aromatic rings. The van der Waals surface area contributed by atoms with Gasteiger partial charge in [-0.2, -0.15) is 0 Å². The average Bonchev–Trinajstić information content (AvgIpc) is 2.37. The Morgan fingerprint density at radius 3 is 1.92 bits per heavy atom. The molecule has 0 aromatic heterocycles. The summed E-state index contributed by atoms with van der Waals surface area (Å²) in [7, 11) is 0. The molecule has 2 nitrogen and oxygen atoms in total. The van der Waals surface area contributed by atoms with E-state index in [0.717, 1.165) is 19.3 Å².